The molecule has 0 spiro atoms. The Balaban J connectivity index is 2.13. The van der Waals surface area contributed by atoms with Crippen LogP contribution in [-0.2, 0) is 7.05 Å². The van der Waals surface area contributed by atoms with Gasteiger partial charge in [-0.1, -0.05) is 24.3 Å². The number of benzene rings is 2. The molecule has 0 unspecified atom stereocenters. The van der Waals surface area contributed by atoms with E-state index in [1.54, 1.807) is 27.3 Å². The van der Waals surface area contributed by atoms with Gasteiger partial charge in [0.05, 0.1) is 21.3 Å². The number of nitrogens with zero attached hydrogens (tertiary/aromatic N) is 2. The molecule has 1 aromatic heterocycles. The molecule has 0 bridgehead atoms. The normalized spacial score (nSPS) is 12.1. The van der Waals surface area contributed by atoms with Crippen LogP contribution in [0.2, 0.25) is 0 Å². The second-order valence-electron chi connectivity index (χ2n) is 6.09. The van der Waals surface area contributed by atoms with E-state index >= 15 is 0 Å². The van der Waals surface area contributed by atoms with Crippen molar-refractivity contribution >= 4 is 12.2 Å². The predicted molar refractivity (Wildman–Crippen MR) is 108 cm³/mol. The first-order valence-electron chi connectivity index (χ1n) is 8.68. The highest BCUT2D eigenvalue weighted by molar-refractivity contribution is 5.52. The minimum Gasteiger partial charge on any atom is -0.497 e. The standard InChI is InChI=1S/C22H22N2O4/c1-24-20(14-16-7-11-18(27-3)12-8-16)21(28-4)23-19(22(24)25)13-15-5-9-17(26-2)10-6-15/h5-14H,1-4H3/b19-13-,20-14-. The van der Waals surface area contributed by atoms with Gasteiger partial charge in [-0.2, -0.15) is 0 Å². The van der Waals surface area contributed by atoms with Crippen LogP contribution in [0.4, 0.5) is 0 Å². The van der Waals surface area contributed by atoms with Crippen molar-refractivity contribution in [3.8, 4) is 17.4 Å². The predicted octanol–water partition coefficient (Wildman–Crippen LogP) is 1.46. The molecule has 6 heteroatoms. The van der Waals surface area contributed by atoms with Crippen LogP contribution < -0.4 is 30.5 Å². The Bertz CT molecular complexity index is 1130. The summed E-state index contributed by atoms with van der Waals surface area (Å²) in [7, 11) is 6.47. The minimum absolute atomic E-state index is 0.212. The lowest BCUT2D eigenvalue weighted by atomic mass is 10.2. The summed E-state index contributed by atoms with van der Waals surface area (Å²) in [5.74, 6) is 1.89. The smallest absolute Gasteiger partial charge is 0.276 e. The summed E-state index contributed by atoms with van der Waals surface area (Å²) in [5.41, 5.74) is 1.54. The van der Waals surface area contributed by atoms with Gasteiger partial charge < -0.3 is 18.8 Å². The molecule has 1 heterocycles. The Morgan fingerprint density at radius 3 is 1.75 bits per heavy atom. The summed E-state index contributed by atoms with van der Waals surface area (Å²) >= 11 is 0. The van der Waals surface area contributed by atoms with Crippen LogP contribution in [0.3, 0.4) is 0 Å². The molecule has 0 N–H and O–H groups in total. The van der Waals surface area contributed by atoms with Crippen molar-refractivity contribution in [3.63, 3.8) is 0 Å². The first kappa shape index (κ1) is 19.2. The zero-order valence-electron chi connectivity index (χ0n) is 16.3. The fourth-order valence-electron chi connectivity index (χ4n) is 2.76. The first-order chi connectivity index (χ1) is 13.5. The maximum absolute atomic E-state index is 12.8. The highest BCUT2D eigenvalue weighted by Gasteiger charge is 2.06. The Labute approximate surface area is 163 Å². The van der Waals surface area contributed by atoms with Gasteiger partial charge in [0.1, 0.15) is 22.2 Å². The summed E-state index contributed by atoms with van der Waals surface area (Å²) < 4.78 is 17.3. The second-order valence-corrected chi connectivity index (χ2v) is 6.09. The topological polar surface area (TPSA) is 62.6 Å². The van der Waals surface area contributed by atoms with Gasteiger partial charge in [-0.15, -0.1) is 0 Å². The van der Waals surface area contributed by atoms with Crippen LogP contribution >= 0.6 is 0 Å². The number of rotatable bonds is 5. The quantitative estimate of drug-likeness (QED) is 0.673. The van der Waals surface area contributed by atoms with Crippen molar-refractivity contribution in [3.05, 3.63) is 80.7 Å². The molecule has 3 aromatic rings. The SMILES string of the molecule is COc1ccc(/C=c2\nc(OC)/c(=C/c3ccc(OC)cc3)n(C)c2=O)cc1. The number of ether oxygens (including phenoxy) is 3. The van der Waals surface area contributed by atoms with Gasteiger partial charge in [-0.25, -0.2) is 4.98 Å². The molecule has 0 saturated carbocycles. The molecule has 0 aliphatic rings. The molecule has 0 atom stereocenters. The monoisotopic (exact) mass is 378 g/mol. The maximum Gasteiger partial charge on any atom is 0.276 e. The van der Waals surface area contributed by atoms with Crippen LogP contribution in [0, 0.1) is 0 Å². The number of hydrogen-bond acceptors (Lipinski definition) is 5. The Kier molecular flexibility index (Phi) is 5.79. The van der Waals surface area contributed by atoms with Gasteiger partial charge in [0.2, 0.25) is 5.88 Å². The third kappa shape index (κ3) is 4.06. The summed E-state index contributed by atoms with van der Waals surface area (Å²) in [6.45, 7) is 0. The summed E-state index contributed by atoms with van der Waals surface area (Å²) in [6, 6.07) is 14.9. The van der Waals surface area contributed by atoms with E-state index in [0.717, 1.165) is 22.6 Å². The average Bonchev–Trinajstić information content (AvgIpc) is 2.74. The molecule has 3 rings (SSSR count). The van der Waals surface area contributed by atoms with Gasteiger partial charge in [0, 0.05) is 7.05 Å². The zero-order valence-corrected chi connectivity index (χ0v) is 16.3. The molecule has 0 radical (unpaired) electrons. The third-order valence-electron chi connectivity index (χ3n) is 4.36. The fraction of sp³-hybridized carbons (Fsp3) is 0.182. The molecule has 0 aliphatic heterocycles. The van der Waals surface area contributed by atoms with E-state index < -0.39 is 0 Å². The maximum atomic E-state index is 12.8. The molecule has 0 fully saturated rings. The molecule has 28 heavy (non-hydrogen) atoms. The second kappa shape index (κ2) is 8.43. The first-order valence-corrected chi connectivity index (χ1v) is 8.68. The lowest BCUT2D eigenvalue weighted by Gasteiger charge is -2.06. The van der Waals surface area contributed by atoms with E-state index in [-0.39, 0.29) is 5.56 Å². The van der Waals surface area contributed by atoms with E-state index in [9.17, 15) is 4.79 Å². The highest BCUT2D eigenvalue weighted by Crippen LogP contribution is 2.12. The average molecular weight is 378 g/mol. The van der Waals surface area contributed by atoms with Crippen molar-refractivity contribution in [2.24, 2.45) is 7.05 Å². The number of hydrogen-bond donors (Lipinski definition) is 0. The Morgan fingerprint density at radius 2 is 1.29 bits per heavy atom. The van der Waals surface area contributed by atoms with Crippen molar-refractivity contribution < 1.29 is 14.2 Å². The van der Waals surface area contributed by atoms with Crippen LogP contribution in [0.25, 0.3) is 12.2 Å². The van der Waals surface area contributed by atoms with Crippen LogP contribution in [0.15, 0.2) is 53.3 Å². The lowest BCUT2D eigenvalue weighted by Crippen LogP contribution is -2.44. The molecule has 2 aromatic carbocycles. The molecule has 6 nitrogen and oxygen atoms in total. The fourth-order valence-corrected chi connectivity index (χ4v) is 2.76. The summed E-state index contributed by atoms with van der Waals surface area (Å²) in [6.07, 6.45) is 3.57. The lowest BCUT2D eigenvalue weighted by molar-refractivity contribution is 0.385. The van der Waals surface area contributed by atoms with Gasteiger partial charge in [-0.3, -0.25) is 4.79 Å². The third-order valence-corrected chi connectivity index (χ3v) is 4.36. The van der Waals surface area contributed by atoms with Gasteiger partial charge in [0.15, 0.2) is 0 Å². The molecule has 0 saturated heterocycles. The summed E-state index contributed by atoms with van der Waals surface area (Å²) in [5, 5.41) is 0.890. The number of aromatic nitrogens is 2. The van der Waals surface area contributed by atoms with Crippen molar-refractivity contribution in [2.45, 2.75) is 0 Å². The van der Waals surface area contributed by atoms with Crippen LogP contribution in [-0.4, -0.2) is 30.9 Å². The molecular formula is C22H22N2O4. The zero-order chi connectivity index (χ0) is 20.1. The Morgan fingerprint density at radius 1 is 0.786 bits per heavy atom. The van der Waals surface area contributed by atoms with Gasteiger partial charge >= 0.3 is 0 Å². The van der Waals surface area contributed by atoms with Crippen molar-refractivity contribution in [1.82, 2.24) is 9.55 Å². The van der Waals surface area contributed by atoms with Crippen LogP contribution in [0.5, 0.6) is 17.4 Å². The minimum atomic E-state index is -0.212. The van der Waals surface area contributed by atoms with E-state index in [0.29, 0.717) is 16.6 Å². The van der Waals surface area contributed by atoms with E-state index in [2.05, 4.69) is 4.98 Å². The summed E-state index contributed by atoms with van der Waals surface area (Å²) in [4.78, 5) is 17.2. The van der Waals surface area contributed by atoms with E-state index in [4.69, 9.17) is 14.2 Å². The van der Waals surface area contributed by atoms with E-state index in [1.165, 1.54) is 11.7 Å². The molecule has 144 valence electrons. The van der Waals surface area contributed by atoms with Crippen LogP contribution in [0.1, 0.15) is 11.1 Å². The molecular weight excluding hydrogens is 356 g/mol. The highest BCUT2D eigenvalue weighted by atomic mass is 16.5. The van der Waals surface area contributed by atoms with E-state index in [1.807, 2.05) is 54.6 Å². The molecule has 0 aliphatic carbocycles. The molecule has 0 amide bonds. The van der Waals surface area contributed by atoms with Crippen molar-refractivity contribution in [1.29, 1.82) is 0 Å². The van der Waals surface area contributed by atoms with Gasteiger partial charge in [-0.05, 0) is 47.5 Å². The van der Waals surface area contributed by atoms with Gasteiger partial charge in [0.25, 0.3) is 5.56 Å². The van der Waals surface area contributed by atoms with Crippen molar-refractivity contribution in [2.75, 3.05) is 21.3 Å². The largest absolute Gasteiger partial charge is 0.497 e. The number of methoxy groups -OCH3 is 3. The Hall–Kier alpha value is -3.54.